The molecule has 1 heterocycles. The number of benzene rings is 2. The van der Waals surface area contributed by atoms with E-state index in [1.165, 1.54) is 0 Å². The van der Waals surface area contributed by atoms with E-state index in [0.717, 1.165) is 23.4 Å². The number of likely N-dealkylation sites (N-methyl/N-ethyl adjacent to an activating group) is 1. The second-order valence-corrected chi connectivity index (χ2v) is 7.16. The minimum absolute atomic E-state index is 0.0400. The van der Waals surface area contributed by atoms with Crippen molar-refractivity contribution in [2.75, 3.05) is 39.2 Å². The number of carbonyl (C=O) groups excluding carboxylic acids is 2. The van der Waals surface area contributed by atoms with Crippen molar-refractivity contribution in [3.8, 4) is 5.75 Å². The predicted molar refractivity (Wildman–Crippen MR) is 110 cm³/mol. The van der Waals surface area contributed by atoms with Gasteiger partial charge in [0, 0.05) is 30.8 Å². The number of hydrogen-bond donors (Lipinski definition) is 1. The number of carbonyl (C=O) groups is 2. The van der Waals surface area contributed by atoms with Crippen LogP contribution in [-0.4, -0.2) is 51.0 Å². The summed E-state index contributed by atoms with van der Waals surface area (Å²) in [4.78, 5) is 28.5. The lowest BCUT2D eigenvalue weighted by atomic mass is 10.1. The van der Waals surface area contributed by atoms with Gasteiger partial charge in [0.15, 0.2) is 0 Å². The third kappa shape index (κ3) is 4.51. The smallest absolute Gasteiger partial charge is 0.251 e. The lowest BCUT2D eigenvalue weighted by molar-refractivity contribution is -0.117. The van der Waals surface area contributed by atoms with Crippen LogP contribution in [0.25, 0.3) is 0 Å². The van der Waals surface area contributed by atoms with Gasteiger partial charge in [0.1, 0.15) is 5.75 Å². The fourth-order valence-corrected chi connectivity index (χ4v) is 3.45. The normalized spacial score (nSPS) is 15.0. The molecule has 6 nitrogen and oxygen atoms in total. The number of methoxy groups -OCH3 is 1. The molecule has 0 bridgehead atoms. The van der Waals surface area contributed by atoms with Gasteiger partial charge in [0.05, 0.1) is 13.2 Å². The van der Waals surface area contributed by atoms with Gasteiger partial charge in [-0.1, -0.05) is 18.2 Å². The largest absolute Gasteiger partial charge is 0.497 e. The van der Waals surface area contributed by atoms with Crippen LogP contribution in [0.4, 0.5) is 5.69 Å². The summed E-state index contributed by atoms with van der Waals surface area (Å²) < 4.78 is 5.22. The fourth-order valence-electron chi connectivity index (χ4n) is 3.45. The molecule has 0 aromatic heterocycles. The molecule has 1 saturated heterocycles. The first kappa shape index (κ1) is 19.9. The van der Waals surface area contributed by atoms with Crippen molar-refractivity contribution in [1.29, 1.82) is 0 Å². The summed E-state index contributed by atoms with van der Waals surface area (Å²) in [6.07, 6.45) is 1.43. The van der Waals surface area contributed by atoms with Gasteiger partial charge in [-0.05, 0) is 56.4 Å². The Kier molecular flexibility index (Phi) is 6.31. The molecule has 0 saturated carbocycles. The van der Waals surface area contributed by atoms with Crippen molar-refractivity contribution in [3.63, 3.8) is 0 Å². The van der Waals surface area contributed by atoms with E-state index >= 15 is 0 Å². The summed E-state index contributed by atoms with van der Waals surface area (Å²) in [5, 5.41) is 3.02. The SMILES string of the molecule is COc1ccc(C(CNC(=O)c2cccc(N3CCCC3=O)c2)N(C)C)cc1. The molecule has 6 heteroatoms. The number of nitrogens with zero attached hydrogens (tertiary/aromatic N) is 2. The van der Waals surface area contributed by atoms with E-state index in [2.05, 4.69) is 10.2 Å². The highest BCUT2D eigenvalue weighted by molar-refractivity contribution is 5.99. The Balaban J connectivity index is 1.68. The first-order valence-corrected chi connectivity index (χ1v) is 9.48. The average Bonchev–Trinajstić information content (AvgIpc) is 3.14. The zero-order valence-corrected chi connectivity index (χ0v) is 16.6. The second kappa shape index (κ2) is 8.89. The first-order chi connectivity index (χ1) is 13.5. The summed E-state index contributed by atoms with van der Waals surface area (Å²) >= 11 is 0. The predicted octanol–water partition coefficient (Wildman–Crippen LogP) is 2.85. The zero-order valence-electron chi connectivity index (χ0n) is 16.6. The van der Waals surface area contributed by atoms with E-state index in [-0.39, 0.29) is 17.9 Å². The van der Waals surface area contributed by atoms with Gasteiger partial charge < -0.3 is 19.9 Å². The van der Waals surface area contributed by atoms with Crippen LogP contribution in [0.2, 0.25) is 0 Å². The molecular formula is C22H27N3O3. The highest BCUT2D eigenvalue weighted by Crippen LogP contribution is 2.23. The molecule has 2 aromatic rings. The van der Waals surface area contributed by atoms with E-state index in [9.17, 15) is 9.59 Å². The topological polar surface area (TPSA) is 61.9 Å². The molecule has 1 aliphatic rings. The van der Waals surface area contributed by atoms with E-state index in [1.807, 2.05) is 50.5 Å². The molecule has 1 unspecified atom stereocenters. The van der Waals surface area contributed by atoms with Gasteiger partial charge in [-0.25, -0.2) is 0 Å². The van der Waals surface area contributed by atoms with Crippen molar-refractivity contribution in [3.05, 3.63) is 59.7 Å². The maximum absolute atomic E-state index is 12.7. The highest BCUT2D eigenvalue weighted by Gasteiger charge is 2.22. The van der Waals surface area contributed by atoms with Crippen LogP contribution in [0.1, 0.15) is 34.8 Å². The molecule has 3 rings (SSSR count). The number of nitrogens with one attached hydrogen (secondary N) is 1. The number of anilines is 1. The van der Waals surface area contributed by atoms with Crippen LogP contribution in [0, 0.1) is 0 Å². The molecule has 1 fully saturated rings. The summed E-state index contributed by atoms with van der Waals surface area (Å²) in [5.74, 6) is 0.775. The molecular weight excluding hydrogens is 354 g/mol. The average molecular weight is 381 g/mol. The molecule has 0 spiro atoms. The Labute approximate surface area is 166 Å². The van der Waals surface area contributed by atoms with Crippen molar-refractivity contribution in [2.45, 2.75) is 18.9 Å². The van der Waals surface area contributed by atoms with Crippen molar-refractivity contribution in [1.82, 2.24) is 10.2 Å². The minimum Gasteiger partial charge on any atom is -0.497 e. The fraction of sp³-hybridized carbons (Fsp3) is 0.364. The Morgan fingerprint density at radius 3 is 2.57 bits per heavy atom. The van der Waals surface area contributed by atoms with E-state index in [4.69, 9.17) is 4.74 Å². The summed E-state index contributed by atoms with van der Waals surface area (Å²) in [6.45, 7) is 1.19. The monoisotopic (exact) mass is 381 g/mol. The highest BCUT2D eigenvalue weighted by atomic mass is 16.5. The lowest BCUT2D eigenvalue weighted by Gasteiger charge is -2.25. The van der Waals surface area contributed by atoms with Crippen molar-refractivity contribution >= 4 is 17.5 Å². The van der Waals surface area contributed by atoms with Crippen LogP contribution in [0.3, 0.4) is 0 Å². The summed E-state index contributed by atoms with van der Waals surface area (Å²) in [5.41, 5.74) is 2.45. The maximum Gasteiger partial charge on any atom is 0.251 e. The summed E-state index contributed by atoms with van der Waals surface area (Å²) in [6, 6.07) is 15.2. The Morgan fingerprint density at radius 2 is 1.96 bits per heavy atom. The summed E-state index contributed by atoms with van der Waals surface area (Å²) in [7, 11) is 5.61. The standard InChI is InChI=1S/C22H27N3O3/c1-24(2)20(16-9-11-19(28-3)12-10-16)15-23-22(27)17-6-4-7-18(14-17)25-13-5-8-21(25)26/h4,6-7,9-12,14,20H,5,8,13,15H2,1-3H3,(H,23,27). The molecule has 1 N–H and O–H groups in total. The van der Waals surface area contributed by atoms with Gasteiger partial charge >= 0.3 is 0 Å². The maximum atomic E-state index is 12.7. The molecule has 1 aliphatic heterocycles. The quantitative estimate of drug-likeness (QED) is 0.801. The van der Waals surface area contributed by atoms with Gasteiger partial charge in [0.2, 0.25) is 5.91 Å². The Morgan fingerprint density at radius 1 is 1.21 bits per heavy atom. The van der Waals surface area contributed by atoms with Gasteiger partial charge in [-0.3, -0.25) is 9.59 Å². The molecule has 2 aromatic carbocycles. The van der Waals surface area contributed by atoms with E-state index < -0.39 is 0 Å². The molecule has 1 atom stereocenters. The van der Waals surface area contributed by atoms with Gasteiger partial charge in [-0.15, -0.1) is 0 Å². The molecule has 2 amide bonds. The van der Waals surface area contributed by atoms with E-state index in [1.54, 1.807) is 24.1 Å². The van der Waals surface area contributed by atoms with Crippen LogP contribution in [0.5, 0.6) is 5.75 Å². The van der Waals surface area contributed by atoms with Gasteiger partial charge in [0.25, 0.3) is 5.91 Å². The molecule has 0 aliphatic carbocycles. The number of rotatable bonds is 7. The van der Waals surface area contributed by atoms with Crippen LogP contribution < -0.4 is 15.0 Å². The Hall–Kier alpha value is -2.86. The van der Waals surface area contributed by atoms with Crippen molar-refractivity contribution in [2.24, 2.45) is 0 Å². The second-order valence-electron chi connectivity index (χ2n) is 7.16. The van der Waals surface area contributed by atoms with Crippen LogP contribution >= 0.6 is 0 Å². The number of amides is 2. The number of hydrogen-bond acceptors (Lipinski definition) is 4. The minimum atomic E-state index is -0.145. The lowest BCUT2D eigenvalue weighted by Crippen LogP contribution is -2.34. The van der Waals surface area contributed by atoms with Gasteiger partial charge in [-0.2, -0.15) is 0 Å². The van der Waals surface area contributed by atoms with Crippen LogP contribution in [0.15, 0.2) is 48.5 Å². The van der Waals surface area contributed by atoms with E-state index in [0.29, 0.717) is 25.1 Å². The number of ether oxygens (including phenoxy) is 1. The zero-order chi connectivity index (χ0) is 20.1. The molecule has 0 radical (unpaired) electrons. The molecule has 148 valence electrons. The Bertz CT molecular complexity index is 833. The first-order valence-electron chi connectivity index (χ1n) is 9.48. The third-order valence-corrected chi connectivity index (χ3v) is 5.07. The molecule has 28 heavy (non-hydrogen) atoms. The van der Waals surface area contributed by atoms with Crippen molar-refractivity contribution < 1.29 is 14.3 Å². The van der Waals surface area contributed by atoms with Crippen LogP contribution in [-0.2, 0) is 4.79 Å². The third-order valence-electron chi connectivity index (χ3n) is 5.07.